The van der Waals surface area contributed by atoms with Crippen LogP contribution in [0.1, 0.15) is 74.9 Å². The average Bonchev–Trinajstić information content (AvgIpc) is 3.96. The number of rotatable bonds is 43. The zero-order valence-corrected chi connectivity index (χ0v) is 43.2. The normalized spacial score (nSPS) is 15.8. The first-order valence-corrected chi connectivity index (χ1v) is 26.9. The maximum atomic E-state index is 6.69. The minimum Gasteiger partial charge on any atom is -0.382 e. The maximum absolute atomic E-state index is 6.69. The molecule has 0 amide bonds. The Bertz CT molecular complexity index is 1730. The number of methoxy groups -OCH3 is 1. The van der Waals surface area contributed by atoms with E-state index in [4.69, 9.17) is 73.5 Å². The summed E-state index contributed by atoms with van der Waals surface area (Å²) in [4.78, 5) is 16.6. The third-order valence-corrected chi connectivity index (χ3v) is 13.9. The quantitative estimate of drug-likeness (QED) is 0.0719. The molecule has 5 rings (SSSR count). The summed E-state index contributed by atoms with van der Waals surface area (Å²) in [6.07, 6.45) is 9.76. The second-order valence-corrected chi connectivity index (χ2v) is 18.9. The Morgan fingerprint density at radius 3 is 1.52 bits per heavy atom. The van der Waals surface area contributed by atoms with Gasteiger partial charge in [0.25, 0.3) is 0 Å². The number of hydrogen-bond acceptors (Lipinski definition) is 18. The van der Waals surface area contributed by atoms with Gasteiger partial charge in [0.15, 0.2) is 5.82 Å². The van der Waals surface area contributed by atoms with E-state index in [0.29, 0.717) is 150 Å². The fraction of sp³-hybridized carbons (Fsp3) is 0.840. The van der Waals surface area contributed by atoms with Crippen LogP contribution in [0, 0.1) is 5.92 Å². The first-order valence-electron chi connectivity index (χ1n) is 26.1. The van der Waals surface area contributed by atoms with Crippen LogP contribution in [0.25, 0.3) is 21.3 Å². The Balaban J connectivity index is 0.886. The standard InChI is InChI=1S/C50H89N7O11S/c1-3-4-7-46-54-47-48(49-44(53-50(47)52)40-45(69-49)43-10-15-56(16-11-43)18-21-61-25-28-62-23-22-58-2)57(46)41-42-8-13-55(14-9-42)17-20-60-26-29-64-31-33-66-35-37-68-39-38-67-36-34-65-32-30-63-27-24-59-19-6-5-12-51/h40,42-43H,3-39,41,51H2,1-2H3,(H2,52,53). The molecule has 18 nitrogen and oxygen atoms in total. The third-order valence-electron chi connectivity index (χ3n) is 12.6. The number of unbranched alkanes of at least 4 members (excludes halogenated alkanes) is 2. The number of nitrogens with two attached hydrogens (primary N) is 2. The van der Waals surface area contributed by atoms with Crippen molar-refractivity contribution in [2.24, 2.45) is 11.7 Å². The van der Waals surface area contributed by atoms with Gasteiger partial charge in [0.1, 0.15) is 11.3 Å². The molecule has 3 aromatic rings. The highest BCUT2D eigenvalue weighted by molar-refractivity contribution is 7.20. The van der Waals surface area contributed by atoms with Crippen LogP contribution in [0.3, 0.4) is 0 Å². The molecule has 0 atom stereocenters. The van der Waals surface area contributed by atoms with Crippen molar-refractivity contribution in [2.75, 3.05) is 197 Å². The summed E-state index contributed by atoms with van der Waals surface area (Å²) in [5, 5.41) is 0. The van der Waals surface area contributed by atoms with Gasteiger partial charge >= 0.3 is 0 Å². The summed E-state index contributed by atoms with van der Waals surface area (Å²) in [5.74, 6) is 2.81. The van der Waals surface area contributed by atoms with Crippen LogP contribution >= 0.6 is 11.3 Å². The molecule has 0 radical (unpaired) electrons. The van der Waals surface area contributed by atoms with Crippen LogP contribution in [-0.4, -0.2) is 216 Å². The number of anilines is 1. The summed E-state index contributed by atoms with van der Waals surface area (Å²) < 4.78 is 65.0. The molecule has 2 aliphatic rings. The third kappa shape index (κ3) is 22.6. The molecule has 0 spiro atoms. The number of aryl methyl sites for hydroxylation is 1. The second-order valence-electron chi connectivity index (χ2n) is 17.8. The highest BCUT2D eigenvalue weighted by atomic mass is 32.1. The Kier molecular flexibility index (Phi) is 30.7. The van der Waals surface area contributed by atoms with E-state index >= 15 is 0 Å². The van der Waals surface area contributed by atoms with Crippen molar-refractivity contribution in [3.63, 3.8) is 0 Å². The summed E-state index contributed by atoms with van der Waals surface area (Å²) in [5.41, 5.74) is 15.2. The number of thiophene rings is 1. The fourth-order valence-corrected chi connectivity index (χ4v) is 9.92. The van der Waals surface area contributed by atoms with Crippen LogP contribution in [0.2, 0.25) is 0 Å². The largest absolute Gasteiger partial charge is 0.382 e. The van der Waals surface area contributed by atoms with Crippen molar-refractivity contribution in [1.82, 2.24) is 24.3 Å². The maximum Gasteiger partial charge on any atom is 0.152 e. The topological polar surface area (TPSA) is 191 Å². The van der Waals surface area contributed by atoms with Gasteiger partial charge in [-0.25, -0.2) is 9.97 Å². The van der Waals surface area contributed by atoms with E-state index in [1.54, 1.807) is 7.11 Å². The number of nitrogen functional groups attached to an aromatic ring is 1. The first-order chi connectivity index (χ1) is 34.1. The smallest absolute Gasteiger partial charge is 0.152 e. The Labute approximate surface area is 416 Å². The van der Waals surface area contributed by atoms with E-state index in [9.17, 15) is 0 Å². The van der Waals surface area contributed by atoms with Crippen molar-refractivity contribution in [1.29, 1.82) is 0 Å². The number of likely N-dealkylation sites (tertiary alicyclic amines) is 2. The van der Waals surface area contributed by atoms with E-state index in [-0.39, 0.29) is 0 Å². The number of hydrogen-bond donors (Lipinski definition) is 2. The molecule has 19 heteroatoms. The lowest BCUT2D eigenvalue weighted by Gasteiger charge is -2.32. The van der Waals surface area contributed by atoms with E-state index < -0.39 is 0 Å². The molecular formula is C50H89N7O11S. The number of aromatic nitrogens is 3. The van der Waals surface area contributed by atoms with Gasteiger partial charge in [-0.05, 0) is 95.6 Å². The van der Waals surface area contributed by atoms with Crippen molar-refractivity contribution in [3.05, 3.63) is 16.8 Å². The van der Waals surface area contributed by atoms with E-state index in [2.05, 4.69) is 27.4 Å². The highest BCUT2D eigenvalue weighted by Crippen LogP contribution is 2.41. The molecule has 5 heterocycles. The van der Waals surface area contributed by atoms with Gasteiger partial charge in [-0.2, -0.15) is 0 Å². The molecule has 69 heavy (non-hydrogen) atoms. The van der Waals surface area contributed by atoms with Gasteiger partial charge in [0, 0.05) is 44.6 Å². The number of piperidine rings is 2. The van der Waals surface area contributed by atoms with Crippen LogP contribution < -0.4 is 11.5 Å². The molecule has 2 saturated heterocycles. The Morgan fingerprint density at radius 1 is 0.580 bits per heavy atom. The Hall–Kier alpha value is -2.18. The zero-order valence-electron chi connectivity index (χ0n) is 42.4. The van der Waals surface area contributed by atoms with E-state index in [1.165, 1.54) is 15.1 Å². The molecule has 0 saturated carbocycles. The van der Waals surface area contributed by atoms with Crippen LogP contribution in [-0.2, 0) is 65.1 Å². The number of ether oxygens (including phenoxy) is 11. The summed E-state index contributed by atoms with van der Waals surface area (Å²) in [6, 6.07) is 2.32. The molecule has 0 unspecified atom stereocenters. The monoisotopic (exact) mass is 996 g/mol. The lowest BCUT2D eigenvalue weighted by Crippen LogP contribution is -2.37. The van der Waals surface area contributed by atoms with Gasteiger partial charge in [-0.1, -0.05) is 13.3 Å². The number of pyridine rings is 1. The minimum absolute atomic E-state index is 0.521. The molecule has 2 fully saturated rings. The average molecular weight is 996 g/mol. The lowest BCUT2D eigenvalue weighted by molar-refractivity contribution is -0.0236. The van der Waals surface area contributed by atoms with Crippen molar-refractivity contribution < 1.29 is 52.1 Å². The zero-order chi connectivity index (χ0) is 48.4. The highest BCUT2D eigenvalue weighted by Gasteiger charge is 2.27. The molecule has 0 aliphatic carbocycles. The fourth-order valence-electron chi connectivity index (χ4n) is 8.60. The van der Waals surface area contributed by atoms with Crippen molar-refractivity contribution >= 4 is 38.4 Å². The summed E-state index contributed by atoms with van der Waals surface area (Å²) in [7, 11) is 1.68. The van der Waals surface area contributed by atoms with Gasteiger partial charge < -0.3 is 77.9 Å². The molecule has 0 bridgehead atoms. The predicted octanol–water partition coefficient (Wildman–Crippen LogP) is 5.01. The number of imidazole rings is 1. The first kappa shape index (κ1) is 57.7. The molecular weight excluding hydrogens is 907 g/mol. The van der Waals surface area contributed by atoms with Gasteiger partial charge in [0.05, 0.1) is 148 Å². The Morgan fingerprint density at radius 2 is 1.04 bits per heavy atom. The van der Waals surface area contributed by atoms with E-state index in [0.717, 1.165) is 134 Å². The molecule has 4 N–H and O–H groups in total. The molecule has 396 valence electrons. The van der Waals surface area contributed by atoms with Crippen LogP contribution in [0.15, 0.2) is 6.07 Å². The van der Waals surface area contributed by atoms with Gasteiger partial charge in [-0.3, -0.25) is 0 Å². The lowest BCUT2D eigenvalue weighted by atomic mass is 9.95. The molecule has 3 aromatic heterocycles. The van der Waals surface area contributed by atoms with Crippen LogP contribution in [0.4, 0.5) is 5.82 Å². The van der Waals surface area contributed by atoms with Gasteiger partial charge in [-0.15, -0.1) is 11.3 Å². The number of fused-ring (bicyclic) bond motifs is 3. The predicted molar refractivity (Wildman–Crippen MR) is 272 cm³/mol. The summed E-state index contributed by atoms with van der Waals surface area (Å²) in [6.45, 7) is 22.4. The molecule has 0 aromatic carbocycles. The summed E-state index contributed by atoms with van der Waals surface area (Å²) >= 11 is 1.92. The van der Waals surface area contributed by atoms with Crippen molar-refractivity contribution in [2.45, 2.75) is 77.2 Å². The molecule has 2 aliphatic heterocycles. The number of nitrogens with zero attached hydrogens (tertiary/aromatic N) is 5. The SMILES string of the molecule is CCCCc1nc2c(N)nc3cc(C4CCN(CCOCCOCCOC)CC4)sc3c2n1CC1CCN(CCOCCOCCOCCOCCOCCOCCOCCOCCCCN)CC1. The van der Waals surface area contributed by atoms with Gasteiger partial charge in [0.2, 0.25) is 0 Å². The minimum atomic E-state index is 0.521. The van der Waals surface area contributed by atoms with Crippen LogP contribution in [0.5, 0.6) is 0 Å². The van der Waals surface area contributed by atoms with Crippen molar-refractivity contribution in [3.8, 4) is 0 Å². The van der Waals surface area contributed by atoms with E-state index in [1.807, 2.05) is 11.3 Å². The second kappa shape index (κ2) is 36.7.